The Bertz CT molecular complexity index is 358. The normalized spacial score (nSPS) is 8.18. The van der Waals surface area contributed by atoms with Crippen LogP contribution < -0.4 is 0 Å². The molecule has 0 aliphatic carbocycles. The molecule has 0 fully saturated rings. The van der Waals surface area contributed by atoms with E-state index in [1.165, 1.54) is 0 Å². The number of rotatable bonds is 0. The second kappa shape index (κ2) is 18.5. The van der Waals surface area contributed by atoms with E-state index in [2.05, 4.69) is 57.1 Å². The van der Waals surface area contributed by atoms with Crippen LogP contribution in [0.2, 0.25) is 0 Å². The number of halogens is 3. The summed E-state index contributed by atoms with van der Waals surface area (Å²) in [4.78, 5) is 11.4. The van der Waals surface area contributed by atoms with Crippen molar-refractivity contribution in [3.05, 3.63) is 91.8 Å². The fraction of sp³-hybridized carbons (Fsp3) is 0. The van der Waals surface area contributed by atoms with Crippen molar-refractivity contribution in [1.82, 2.24) is 15.0 Å². The molecule has 3 rings (SSSR count). The summed E-state index contributed by atoms with van der Waals surface area (Å²) >= 11 is 9.69. The van der Waals surface area contributed by atoms with E-state index in [9.17, 15) is 0 Å². The summed E-state index contributed by atoms with van der Waals surface area (Å²) in [6.07, 6.45) is 10.5. The Balaban J connectivity index is 0.000000271. The smallest absolute Gasteiger partial charge is 0.0267 e. The predicted octanol–water partition coefficient (Wildman–Crippen LogP) is 5.78. The Labute approximate surface area is 156 Å². The first-order valence-corrected chi connectivity index (χ1v) is 15.5. The van der Waals surface area contributed by atoms with Gasteiger partial charge in [0.05, 0.1) is 0 Å². The van der Waals surface area contributed by atoms with Crippen LogP contribution in [0.5, 0.6) is 0 Å². The van der Waals surface area contributed by atoms with Gasteiger partial charge in [-0.15, -0.1) is 0 Å². The maximum atomic E-state index is 3.78. The molecule has 0 aromatic carbocycles. The van der Waals surface area contributed by atoms with Crippen LogP contribution in [0.1, 0.15) is 0 Å². The van der Waals surface area contributed by atoms with Gasteiger partial charge in [0.2, 0.25) is 0 Å². The Hall–Kier alpha value is -0.578. The number of aromatic nitrogens is 3. The fourth-order valence-corrected chi connectivity index (χ4v) is 0.938. The molecule has 0 atom stereocenters. The standard InChI is InChI=1S/3C5H5N.3BrH.Cr/c3*1-2-4-6-5-3-1;;;;/h3*1-5H;3*1H;/q;;;;;;+3/p-3. The van der Waals surface area contributed by atoms with Crippen molar-refractivity contribution in [3.63, 3.8) is 0 Å². The van der Waals surface area contributed by atoms with Gasteiger partial charge >= 0.3 is 50.8 Å². The third-order valence-corrected chi connectivity index (χ3v) is 1.70. The third-order valence-electron chi connectivity index (χ3n) is 1.70. The molecule has 0 spiro atoms. The van der Waals surface area contributed by atoms with Crippen LogP contribution in [-0.4, -0.2) is 15.0 Å². The quantitative estimate of drug-likeness (QED) is 0.371. The van der Waals surface area contributed by atoms with E-state index < -0.39 is 8.67 Å². The van der Waals surface area contributed by atoms with Gasteiger partial charge in [-0.2, -0.15) is 0 Å². The molecule has 3 heterocycles. The maximum Gasteiger partial charge on any atom is 0.0267 e. The van der Waals surface area contributed by atoms with Crippen LogP contribution in [0.15, 0.2) is 91.8 Å². The van der Waals surface area contributed by atoms with Gasteiger partial charge < -0.3 is 0 Å². The molecule has 0 saturated heterocycles. The molecular formula is C15H15Br3CrN3. The maximum absolute atomic E-state index is 3.78. The SMILES string of the molecule is [Br][Cr]([Br])[Br].c1ccncc1.c1ccncc1.c1ccncc1. The van der Waals surface area contributed by atoms with E-state index >= 15 is 0 Å². The van der Waals surface area contributed by atoms with Crippen LogP contribution in [0, 0.1) is 0 Å². The molecule has 0 aliphatic heterocycles. The largest absolute Gasteiger partial charge is 0.265 e. The molecule has 3 aromatic rings. The van der Waals surface area contributed by atoms with E-state index in [4.69, 9.17) is 0 Å². The van der Waals surface area contributed by atoms with Crippen molar-refractivity contribution >= 4 is 42.2 Å². The average molecular weight is 529 g/mol. The second-order valence-electron chi connectivity index (χ2n) is 3.25. The Morgan fingerprint density at radius 2 is 0.591 bits per heavy atom. The molecule has 0 aliphatic rings. The van der Waals surface area contributed by atoms with Crippen molar-refractivity contribution in [2.75, 3.05) is 0 Å². The second-order valence-corrected chi connectivity index (χ2v) is 22.6. The summed E-state index contributed by atoms with van der Waals surface area (Å²) < 4.78 is 0. The molecule has 0 bridgehead atoms. The summed E-state index contributed by atoms with van der Waals surface area (Å²) in [6.45, 7) is 0. The molecule has 0 amide bonds. The van der Waals surface area contributed by atoms with E-state index in [0.717, 1.165) is 0 Å². The van der Waals surface area contributed by atoms with Crippen molar-refractivity contribution < 1.29 is 8.67 Å². The predicted molar refractivity (Wildman–Crippen MR) is 99.5 cm³/mol. The minimum absolute atomic E-state index is 0.604. The zero-order chi connectivity index (χ0) is 16.3. The summed E-state index contributed by atoms with van der Waals surface area (Å²) in [5.41, 5.74) is 0. The van der Waals surface area contributed by atoms with Gasteiger partial charge in [0.25, 0.3) is 0 Å². The topological polar surface area (TPSA) is 38.7 Å². The van der Waals surface area contributed by atoms with Crippen molar-refractivity contribution in [1.29, 1.82) is 0 Å². The van der Waals surface area contributed by atoms with Gasteiger partial charge in [0.1, 0.15) is 0 Å². The van der Waals surface area contributed by atoms with Gasteiger partial charge in [-0.05, 0) is 36.4 Å². The number of hydrogen-bond donors (Lipinski definition) is 0. The Morgan fingerprint density at radius 3 is 0.636 bits per heavy atom. The molecule has 0 N–H and O–H groups in total. The Kier molecular flexibility index (Phi) is 18.0. The fourth-order valence-electron chi connectivity index (χ4n) is 0.938. The van der Waals surface area contributed by atoms with Crippen molar-refractivity contribution in [2.45, 2.75) is 0 Å². The first kappa shape index (κ1) is 21.4. The average Bonchev–Trinajstić information content (AvgIpc) is 2.60. The summed E-state index contributed by atoms with van der Waals surface area (Å²) in [5, 5.41) is 0. The van der Waals surface area contributed by atoms with Crippen LogP contribution in [0.4, 0.5) is 0 Å². The van der Waals surface area contributed by atoms with E-state index in [1.807, 2.05) is 54.6 Å². The minimum Gasteiger partial charge on any atom is -0.265 e. The Morgan fingerprint density at radius 1 is 0.409 bits per heavy atom. The van der Waals surface area contributed by atoms with Gasteiger partial charge in [-0.25, -0.2) is 0 Å². The van der Waals surface area contributed by atoms with Gasteiger partial charge in [-0.3, -0.25) is 15.0 Å². The van der Waals surface area contributed by atoms with Crippen LogP contribution in [0.25, 0.3) is 0 Å². The zero-order valence-corrected chi connectivity index (χ0v) is 17.6. The number of pyridine rings is 3. The van der Waals surface area contributed by atoms with Crippen molar-refractivity contribution in [3.8, 4) is 0 Å². The van der Waals surface area contributed by atoms with Crippen LogP contribution >= 0.6 is 42.2 Å². The van der Waals surface area contributed by atoms with Gasteiger partial charge in [0.15, 0.2) is 0 Å². The van der Waals surface area contributed by atoms with Gasteiger partial charge in [0, 0.05) is 37.2 Å². The molecule has 117 valence electrons. The molecule has 0 radical (unpaired) electrons. The molecule has 3 nitrogen and oxygen atoms in total. The van der Waals surface area contributed by atoms with E-state index in [0.29, 0.717) is 0 Å². The summed E-state index contributed by atoms with van der Waals surface area (Å²) in [6, 6.07) is 17.1. The summed E-state index contributed by atoms with van der Waals surface area (Å²) in [5.74, 6) is 0. The third kappa shape index (κ3) is 21.7. The minimum atomic E-state index is -0.604. The molecule has 0 saturated carbocycles. The molecule has 7 heteroatoms. The van der Waals surface area contributed by atoms with Gasteiger partial charge in [-0.1, -0.05) is 18.2 Å². The monoisotopic (exact) mass is 526 g/mol. The molecule has 3 aromatic heterocycles. The number of hydrogen-bond acceptors (Lipinski definition) is 3. The zero-order valence-electron chi connectivity index (χ0n) is 11.5. The van der Waals surface area contributed by atoms with E-state index in [-0.39, 0.29) is 0 Å². The van der Waals surface area contributed by atoms with E-state index in [1.54, 1.807) is 37.2 Å². The first-order valence-electron chi connectivity index (χ1n) is 6.01. The molecule has 22 heavy (non-hydrogen) atoms. The van der Waals surface area contributed by atoms with Crippen LogP contribution in [-0.2, 0) is 8.67 Å². The van der Waals surface area contributed by atoms with Crippen LogP contribution in [0.3, 0.4) is 0 Å². The molecular weight excluding hydrogens is 514 g/mol. The number of nitrogens with zero attached hydrogens (tertiary/aromatic N) is 3. The first-order chi connectivity index (χ1) is 10.7. The molecule has 0 unspecified atom stereocenters. The summed E-state index contributed by atoms with van der Waals surface area (Å²) in [7, 11) is -0.604. The van der Waals surface area contributed by atoms with Crippen molar-refractivity contribution in [2.24, 2.45) is 0 Å².